The lowest BCUT2D eigenvalue weighted by Gasteiger charge is -2.22. The number of aryl methyl sites for hydroxylation is 1. The average Bonchev–Trinajstić information content (AvgIpc) is 2.33. The summed E-state index contributed by atoms with van der Waals surface area (Å²) in [4.78, 5) is 0. The maximum Gasteiger partial charge on any atom is 0.416 e. The van der Waals surface area contributed by atoms with Gasteiger partial charge in [-0.05, 0) is 45.4 Å². The zero-order chi connectivity index (χ0) is 16.3. The third-order valence-corrected chi connectivity index (χ3v) is 2.80. The first-order valence-corrected chi connectivity index (χ1v) is 6.73. The second kappa shape index (κ2) is 6.66. The maximum atomic E-state index is 12.7. The number of hydrogen-bond donors (Lipinski definition) is 2. The Kier molecular flexibility index (Phi) is 5.64. The molecule has 1 aromatic rings. The third kappa shape index (κ3) is 6.35. The zero-order valence-corrected chi connectivity index (χ0v) is 12.7. The third-order valence-electron chi connectivity index (χ3n) is 2.80. The number of halogens is 3. The SMILES string of the molecule is Cc1ccc(C(F)(F)F)cc1NCC(O)COC(C)(C)C. The quantitative estimate of drug-likeness (QED) is 0.873. The molecule has 0 aliphatic carbocycles. The molecule has 1 rings (SSSR count). The number of nitrogens with one attached hydrogen (secondary N) is 1. The van der Waals surface area contributed by atoms with E-state index in [1.165, 1.54) is 6.07 Å². The van der Waals surface area contributed by atoms with Gasteiger partial charge in [0.1, 0.15) is 0 Å². The van der Waals surface area contributed by atoms with Gasteiger partial charge in [0.25, 0.3) is 0 Å². The molecule has 1 aromatic carbocycles. The number of ether oxygens (including phenoxy) is 1. The predicted molar refractivity (Wildman–Crippen MR) is 76.4 cm³/mol. The zero-order valence-electron chi connectivity index (χ0n) is 12.7. The van der Waals surface area contributed by atoms with Gasteiger partial charge >= 0.3 is 6.18 Å². The van der Waals surface area contributed by atoms with Gasteiger partial charge < -0.3 is 15.2 Å². The number of hydrogen-bond acceptors (Lipinski definition) is 3. The van der Waals surface area contributed by atoms with Gasteiger partial charge in [-0.1, -0.05) is 6.07 Å². The van der Waals surface area contributed by atoms with Crippen molar-refractivity contribution < 1.29 is 23.0 Å². The Balaban J connectivity index is 2.63. The summed E-state index contributed by atoms with van der Waals surface area (Å²) in [5.41, 5.74) is -0.0322. The normalized spacial score (nSPS) is 14.1. The molecular weight excluding hydrogens is 283 g/mol. The van der Waals surface area contributed by atoms with E-state index >= 15 is 0 Å². The van der Waals surface area contributed by atoms with Gasteiger partial charge in [-0.2, -0.15) is 13.2 Å². The lowest BCUT2D eigenvalue weighted by molar-refractivity contribution is -0.137. The van der Waals surface area contributed by atoms with Gasteiger partial charge in [-0.25, -0.2) is 0 Å². The highest BCUT2D eigenvalue weighted by molar-refractivity contribution is 5.53. The van der Waals surface area contributed by atoms with Crippen LogP contribution >= 0.6 is 0 Å². The molecule has 1 atom stereocenters. The molecule has 6 heteroatoms. The van der Waals surface area contributed by atoms with Crippen molar-refractivity contribution in [1.29, 1.82) is 0 Å². The van der Waals surface area contributed by atoms with E-state index in [1.54, 1.807) is 6.92 Å². The molecule has 1 unspecified atom stereocenters. The molecule has 3 nitrogen and oxygen atoms in total. The first-order valence-electron chi connectivity index (χ1n) is 6.73. The molecule has 0 aliphatic rings. The van der Waals surface area contributed by atoms with E-state index in [2.05, 4.69) is 5.32 Å². The molecule has 0 amide bonds. The number of rotatable bonds is 5. The summed E-state index contributed by atoms with van der Waals surface area (Å²) in [7, 11) is 0. The van der Waals surface area contributed by atoms with Crippen molar-refractivity contribution in [3.8, 4) is 0 Å². The number of benzene rings is 1. The molecule has 0 heterocycles. The smallest absolute Gasteiger partial charge is 0.389 e. The standard InChI is InChI=1S/C15H22F3NO2/c1-10-5-6-11(15(16,17)18)7-13(10)19-8-12(20)9-21-14(2,3)4/h5-7,12,19-20H,8-9H2,1-4H3. The van der Waals surface area contributed by atoms with E-state index in [0.717, 1.165) is 12.1 Å². The summed E-state index contributed by atoms with van der Waals surface area (Å²) in [5, 5.41) is 12.6. The monoisotopic (exact) mass is 305 g/mol. The van der Waals surface area contributed by atoms with Crippen LogP contribution in [0.5, 0.6) is 0 Å². The van der Waals surface area contributed by atoms with Crippen molar-refractivity contribution >= 4 is 5.69 Å². The number of aliphatic hydroxyl groups excluding tert-OH is 1. The van der Waals surface area contributed by atoms with E-state index in [-0.39, 0.29) is 18.8 Å². The fourth-order valence-electron chi connectivity index (χ4n) is 1.62. The Hall–Kier alpha value is -1.27. The van der Waals surface area contributed by atoms with Gasteiger partial charge in [0.05, 0.1) is 23.9 Å². The average molecular weight is 305 g/mol. The largest absolute Gasteiger partial charge is 0.416 e. The second-order valence-corrected chi connectivity index (χ2v) is 5.99. The Morgan fingerprint density at radius 1 is 1.24 bits per heavy atom. The number of alkyl halides is 3. The van der Waals surface area contributed by atoms with E-state index in [4.69, 9.17) is 4.74 Å². The highest BCUT2D eigenvalue weighted by Crippen LogP contribution is 2.32. The van der Waals surface area contributed by atoms with Crippen LogP contribution in [-0.2, 0) is 10.9 Å². The highest BCUT2D eigenvalue weighted by atomic mass is 19.4. The fourth-order valence-corrected chi connectivity index (χ4v) is 1.62. The van der Waals surface area contributed by atoms with Crippen molar-refractivity contribution in [2.45, 2.75) is 45.6 Å². The molecule has 0 spiro atoms. The van der Waals surface area contributed by atoms with Crippen LogP contribution < -0.4 is 5.32 Å². The Morgan fingerprint density at radius 3 is 2.38 bits per heavy atom. The Morgan fingerprint density at radius 2 is 1.86 bits per heavy atom. The number of anilines is 1. The van der Waals surface area contributed by atoms with Gasteiger partial charge in [-0.15, -0.1) is 0 Å². The van der Waals surface area contributed by atoms with Crippen LogP contribution in [0.15, 0.2) is 18.2 Å². The summed E-state index contributed by atoms with van der Waals surface area (Å²) in [6, 6.07) is 3.50. The molecule has 0 saturated heterocycles. The van der Waals surface area contributed by atoms with Crippen LogP contribution in [0.4, 0.5) is 18.9 Å². The fraction of sp³-hybridized carbons (Fsp3) is 0.600. The number of aliphatic hydroxyl groups is 1. The van der Waals surface area contributed by atoms with Gasteiger partial charge in [-0.3, -0.25) is 0 Å². The molecule has 0 aromatic heterocycles. The van der Waals surface area contributed by atoms with Gasteiger partial charge in [0.2, 0.25) is 0 Å². The lowest BCUT2D eigenvalue weighted by atomic mass is 10.1. The summed E-state index contributed by atoms with van der Waals surface area (Å²) in [5.74, 6) is 0. The molecule has 0 fully saturated rings. The predicted octanol–water partition coefficient (Wildman–Crippen LogP) is 3.60. The Bertz CT molecular complexity index is 467. The van der Waals surface area contributed by atoms with E-state index in [1.807, 2.05) is 20.8 Å². The van der Waals surface area contributed by atoms with Crippen molar-refractivity contribution in [2.24, 2.45) is 0 Å². The van der Waals surface area contributed by atoms with E-state index in [9.17, 15) is 18.3 Å². The molecule has 120 valence electrons. The first-order chi connectivity index (χ1) is 9.49. The first kappa shape index (κ1) is 17.8. The van der Waals surface area contributed by atoms with Crippen LogP contribution in [0.1, 0.15) is 31.9 Å². The molecule has 21 heavy (non-hydrogen) atoms. The molecule has 2 N–H and O–H groups in total. The van der Waals surface area contributed by atoms with Crippen molar-refractivity contribution in [3.05, 3.63) is 29.3 Å². The molecular formula is C15H22F3NO2. The Labute approximate surface area is 123 Å². The van der Waals surface area contributed by atoms with Crippen LogP contribution in [0.25, 0.3) is 0 Å². The van der Waals surface area contributed by atoms with Crippen LogP contribution in [0, 0.1) is 6.92 Å². The summed E-state index contributed by atoms with van der Waals surface area (Å²) < 4.78 is 43.4. The summed E-state index contributed by atoms with van der Waals surface area (Å²) in [6.45, 7) is 7.55. The van der Waals surface area contributed by atoms with Gasteiger partial charge in [0, 0.05) is 12.2 Å². The van der Waals surface area contributed by atoms with E-state index in [0.29, 0.717) is 11.3 Å². The summed E-state index contributed by atoms with van der Waals surface area (Å²) in [6.07, 6.45) is -5.17. The highest BCUT2D eigenvalue weighted by Gasteiger charge is 2.30. The van der Waals surface area contributed by atoms with Crippen LogP contribution in [-0.4, -0.2) is 30.0 Å². The van der Waals surface area contributed by atoms with Crippen LogP contribution in [0.3, 0.4) is 0 Å². The minimum absolute atomic E-state index is 0.120. The summed E-state index contributed by atoms with van der Waals surface area (Å²) >= 11 is 0. The molecule has 0 saturated carbocycles. The van der Waals surface area contributed by atoms with Gasteiger partial charge in [0.15, 0.2) is 0 Å². The van der Waals surface area contributed by atoms with Crippen LogP contribution in [0.2, 0.25) is 0 Å². The van der Waals surface area contributed by atoms with Crippen molar-refractivity contribution in [2.75, 3.05) is 18.5 Å². The van der Waals surface area contributed by atoms with Crippen molar-refractivity contribution in [3.63, 3.8) is 0 Å². The minimum Gasteiger partial charge on any atom is -0.389 e. The lowest BCUT2D eigenvalue weighted by Crippen LogP contribution is -2.30. The molecule has 0 bridgehead atoms. The molecule has 0 radical (unpaired) electrons. The molecule has 0 aliphatic heterocycles. The second-order valence-electron chi connectivity index (χ2n) is 5.99. The minimum atomic E-state index is -4.38. The topological polar surface area (TPSA) is 41.5 Å². The van der Waals surface area contributed by atoms with Crippen molar-refractivity contribution in [1.82, 2.24) is 0 Å². The van der Waals surface area contributed by atoms with E-state index < -0.39 is 17.8 Å². The maximum absolute atomic E-state index is 12.7.